The Bertz CT molecular complexity index is 1010. The number of halogens is 1. The van der Waals surface area contributed by atoms with Gasteiger partial charge >= 0.3 is 0 Å². The Morgan fingerprint density at radius 3 is 1.97 bits per heavy atom. The Hall–Kier alpha value is -1.81. The molecule has 158 valence electrons. The van der Waals surface area contributed by atoms with Gasteiger partial charge in [-0.1, -0.05) is 42.8 Å². The van der Waals surface area contributed by atoms with Crippen LogP contribution < -0.4 is 0 Å². The molecule has 0 spiro atoms. The fourth-order valence-corrected chi connectivity index (χ4v) is 8.70. The van der Waals surface area contributed by atoms with Gasteiger partial charge in [-0.25, -0.2) is 0 Å². The highest BCUT2D eigenvalue weighted by Gasteiger charge is 2.64. The Morgan fingerprint density at radius 2 is 1.37 bits per heavy atom. The van der Waals surface area contributed by atoms with Crippen molar-refractivity contribution in [2.24, 2.45) is 21.2 Å². The molecule has 0 aliphatic heterocycles. The predicted molar refractivity (Wildman–Crippen MR) is 125 cm³/mol. The molecule has 6 rings (SSSR count). The quantitative estimate of drug-likeness (QED) is 0.466. The molecule has 4 bridgehead atoms. The van der Waals surface area contributed by atoms with Gasteiger partial charge in [0.1, 0.15) is 17.2 Å². The van der Waals surface area contributed by atoms with Crippen LogP contribution in [0.1, 0.15) is 70.4 Å². The van der Waals surface area contributed by atoms with Crippen LogP contribution >= 0.6 is 15.9 Å². The van der Waals surface area contributed by atoms with E-state index in [1.54, 1.807) is 24.4 Å². The van der Waals surface area contributed by atoms with Gasteiger partial charge in [-0.15, -0.1) is 0 Å². The normalized spacial score (nSPS) is 37.2. The highest BCUT2D eigenvalue weighted by molar-refractivity contribution is 9.10. The summed E-state index contributed by atoms with van der Waals surface area (Å²) in [5.41, 5.74) is 3.89. The van der Waals surface area contributed by atoms with Gasteiger partial charge in [0, 0.05) is 16.3 Å². The van der Waals surface area contributed by atoms with Gasteiger partial charge in [-0.3, -0.25) is 4.99 Å². The second-order valence-corrected chi connectivity index (χ2v) is 12.4. The molecule has 4 heteroatoms. The number of benzene rings is 2. The highest BCUT2D eigenvalue weighted by atomic mass is 79.9. The smallest absolute Gasteiger partial charge is 0.141 e. The molecule has 4 saturated carbocycles. The molecule has 2 N–H and O–H groups in total. The topological polar surface area (TPSA) is 52.8 Å². The molecule has 30 heavy (non-hydrogen) atoms. The summed E-state index contributed by atoms with van der Waals surface area (Å²) in [6.07, 6.45) is 9.32. The minimum absolute atomic E-state index is 0.170. The van der Waals surface area contributed by atoms with Crippen molar-refractivity contribution in [2.75, 3.05) is 0 Å². The lowest BCUT2D eigenvalue weighted by molar-refractivity contribution is -0.152. The van der Waals surface area contributed by atoms with Crippen molar-refractivity contribution in [3.63, 3.8) is 0 Å². The van der Waals surface area contributed by atoms with Gasteiger partial charge in [0.05, 0.1) is 0 Å². The zero-order valence-corrected chi connectivity index (χ0v) is 19.6. The van der Waals surface area contributed by atoms with Crippen molar-refractivity contribution in [1.82, 2.24) is 0 Å². The molecular formula is C26H30BrNO2. The van der Waals surface area contributed by atoms with Crippen molar-refractivity contribution < 1.29 is 10.2 Å². The number of nitrogens with zero attached hydrogens (tertiary/aromatic N) is 1. The van der Waals surface area contributed by atoms with Crippen LogP contribution in [0.15, 0.2) is 45.9 Å². The van der Waals surface area contributed by atoms with E-state index in [1.807, 2.05) is 6.07 Å². The third-order valence-electron chi connectivity index (χ3n) is 7.78. The Morgan fingerprint density at radius 1 is 0.800 bits per heavy atom. The lowest BCUT2D eigenvalue weighted by Gasteiger charge is -2.69. The predicted octanol–water partition coefficient (Wildman–Crippen LogP) is 7.25. The van der Waals surface area contributed by atoms with E-state index in [0.29, 0.717) is 27.5 Å². The fourth-order valence-electron chi connectivity index (χ4n) is 8.32. The minimum Gasteiger partial charge on any atom is -0.507 e. The average Bonchev–Trinajstić information content (AvgIpc) is 2.59. The molecule has 2 aromatic carbocycles. The maximum atomic E-state index is 10.5. The number of phenols is 2. The second kappa shape index (κ2) is 6.35. The maximum absolute atomic E-state index is 10.5. The third kappa shape index (κ3) is 3.28. The average molecular weight is 468 g/mol. The lowest BCUT2D eigenvalue weighted by atomic mass is 9.35. The molecule has 0 saturated heterocycles. The number of hydrogen-bond acceptors (Lipinski definition) is 3. The third-order valence-corrected chi connectivity index (χ3v) is 8.27. The first-order valence-electron chi connectivity index (χ1n) is 10.9. The van der Waals surface area contributed by atoms with Crippen LogP contribution in [0, 0.1) is 16.2 Å². The summed E-state index contributed by atoms with van der Waals surface area (Å²) >= 11 is 3.43. The minimum atomic E-state index is 0.170. The fraction of sp³-hybridized carbons (Fsp3) is 0.500. The summed E-state index contributed by atoms with van der Waals surface area (Å²) in [6.45, 7) is 7.47. The summed E-state index contributed by atoms with van der Waals surface area (Å²) < 4.78 is 0.878. The first-order valence-corrected chi connectivity index (χ1v) is 11.7. The van der Waals surface area contributed by atoms with Gasteiger partial charge in [-0.05, 0) is 96.1 Å². The number of aliphatic imine (C=N–C) groups is 1. The molecule has 0 unspecified atom stereocenters. The Labute approximate surface area is 187 Å². The van der Waals surface area contributed by atoms with E-state index < -0.39 is 0 Å². The van der Waals surface area contributed by atoms with Crippen molar-refractivity contribution in [3.05, 3.63) is 52.0 Å². The summed E-state index contributed by atoms with van der Waals surface area (Å²) in [5, 5.41) is 20.6. The van der Waals surface area contributed by atoms with E-state index in [2.05, 4.69) is 53.8 Å². The zero-order valence-electron chi connectivity index (χ0n) is 18.0. The van der Waals surface area contributed by atoms with Crippen LogP contribution in [0.2, 0.25) is 0 Å². The standard InChI is InChI=1S/C26H30BrNO2/c1-23-11-24(2)13-25(3,12-23)16-26(14-23,15-24)18-4-6-22(30)20(9-18)28-10-17-8-19(27)5-7-21(17)29/h4-10,29-30H,11-16H2,1-3H3. The van der Waals surface area contributed by atoms with Gasteiger partial charge in [-0.2, -0.15) is 0 Å². The molecule has 0 heterocycles. The van der Waals surface area contributed by atoms with E-state index >= 15 is 0 Å². The SMILES string of the molecule is CC12CC3(C)CC(C)(C1)CC(c1ccc(O)c(N=Cc4cc(Br)ccc4O)c1)(C2)C3. The monoisotopic (exact) mass is 467 g/mol. The summed E-state index contributed by atoms with van der Waals surface area (Å²) in [4.78, 5) is 4.56. The number of phenolic OH excluding ortho intramolecular Hbond substituents is 2. The summed E-state index contributed by atoms with van der Waals surface area (Å²) in [7, 11) is 0. The van der Waals surface area contributed by atoms with Gasteiger partial charge < -0.3 is 10.2 Å². The summed E-state index contributed by atoms with van der Waals surface area (Å²) in [5.74, 6) is 0.352. The second-order valence-electron chi connectivity index (χ2n) is 11.4. The molecule has 2 aromatic rings. The maximum Gasteiger partial charge on any atom is 0.141 e. The van der Waals surface area contributed by atoms with E-state index in [4.69, 9.17) is 0 Å². The van der Waals surface area contributed by atoms with Crippen LogP contribution in [0.25, 0.3) is 0 Å². The van der Waals surface area contributed by atoms with E-state index in [9.17, 15) is 10.2 Å². The largest absolute Gasteiger partial charge is 0.507 e. The summed E-state index contributed by atoms with van der Waals surface area (Å²) in [6, 6.07) is 11.3. The molecule has 4 fully saturated rings. The van der Waals surface area contributed by atoms with Crippen molar-refractivity contribution >= 4 is 27.8 Å². The molecule has 0 atom stereocenters. The molecule has 0 radical (unpaired) electrons. The van der Waals surface area contributed by atoms with E-state index in [1.165, 1.54) is 44.1 Å². The van der Waals surface area contributed by atoms with E-state index in [-0.39, 0.29) is 16.9 Å². The van der Waals surface area contributed by atoms with Crippen LogP contribution in [-0.4, -0.2) is 16.4 Å². The van der Waals surface area contributed by atoms with E-state index in [0.717, 1.165) is 4.47 Å². The zero-order chi connectivity index (χ0) is 21.4. The molecule has 0 aromatic heterocycles. The van der Waals surface area contributed by atoms with Gasteiger partial charge in [0.15, 0.2) is 0 Å². The molecule has 3 nitrogen and oxygen atoms in total. The van der Waals surface area contributed by atoms with Gasteiger partial charge in [0.2, 0.25) is 0 Å². The number of rotatable bonds is 3. The van der Waals surface area contributed by atoms with Crippen molar-refractivity contribution in [1.29, 1.82) is 0 Å². The molecule has 4 aliphatic rings. The van der Waals surface area contributed by atoms with Gasteiger partial charge in [0.25, 0.3) is 0 Å². The molecular weight excluding hydrogens is 438 g/mol. The first kappa shape index (κ1) is 20.1. The van der Waals surface area contributed by atoms with Crippen LogP contribution in [0.5, 0.6) is 11.5 Å². The Balaban J connectivity index is 1.54. The van der Waals surface area contributed by atoms with Crippen LogP contribution in [-0.2, 0) is 5.41 Å². The molecule has 4 aliphatic carbocycles. The number of hydrogen-bond donors (Lipinski definition) is 2. The van der Waals surface area contributed by atoms with Crippen molar-refractivity contribution in [2.45, 2.75) is 64.7 Å². The Kier molecular flexibility index (Phi) is 4.26. The number of aromatic hydroxyl groups is 2. The van der Waals surface area contributed by atoms with Crippen LogP contribution in [0.4, 0.5) is 5.69 Å². The molecule has 0 amide bonds. The lowest BCUT2D eigenvalue weighted by Crippen LogP contribution is -2.60. The highest BCUT2D eigenvalue weighted by Crippen LogP contribution is 2.73. The first-order chi connectivity index (χ1) is 14.0. The van der Waals surface area contributed by atoms with Crippen molar-refractivity contribution in [3.8, 4) is 11.5 Å². The van der Waals surface area contributed by atoms with Crippen LogP contribution in [0.3, 0.4) is 0 Å².